The van der Waals surface area contributed by atoms with Crippen LogP contribution in [0.5, 0.6) is 5.75 Å². The molecule has 1 aliphatic carbocycles. The van der Waals surface area contributed by atoms with Crippen molar-refractivity contribution in [2.75, 3.05) is 20.1 Å². The number of allylic oxidation sites excluding steroid dienone is 2. The van der Waals surface area contributed by atoms with Crippen LogP contribution in [0.2, 0.25) is 5.02 Å². The van der Waals surface area contributed by atoms with Crippen molar-refractivity contribution in [3.63, 3.8) is 0 Å². The van der Waals surface area contributed by atoms with Gasteiger partial charge in [0.25, 0.3) is 5.91 Å². The highest BCUT2D eigenvalue weighted by atomic mass is 35.5. The number of fused-ring (bicyclic) bond motifs is 2. The van der Waals surface area contributed by atoms with Crippen LogP contribution >= 0.6 is 11.6 Å². The van der Waals surface area contributed by atoms with Gasteiger partial charge in [0.15, 0.2) is 0 Å². The van der Waals surface area contributed by atoms with E-state index in [1.165, 1.54) is 0 Å². The maximum Gasteiger partial charge on any atom is 0.267 e. The van der Waals surface area contributed by atoms with Gasteiger partial charge >= 0.3 is 0 Å². The average Bonchev–Trinajstić information content (AvgIpc) is 3.38. The van der Waals surface area contributed by atoms with Gasteiger partial charge in [-0.1, -0.05) is 11.6 Å². The summed E-state index contributed by atoms with van der Waals surface area (Å²) in [4.78, 5) is 17.1. The van der Waals surface area contributed by atoms with Gasteiger partial charge in [0, 0.05) is 37.3 Å². The molecule has 2 unspecified atom stereocenters. The van der Waals surface area contributed by atoms with Gasteiger partial charge in [-0.15, -0.1) is 0 Å². The Morgan fingerprint density at radius 2 is 1.97 bits per heavy atom. The summed E-state index contributed by atoms with van der Waals surface area (Å²) in [6.07, 6.45) is 7.75. The topological polar surface area (TPSA) is 121 Å². The van der Waals surface area contributed by atoms with Crippen molar-refractivity contribution >= 4 is 17.5 Å². The van der Waals surface area contributed by atoms with Crippen molar-refractivity contribution < 1.29 is 9.53 Å². The number of carbonyl (C=O) groups is 1. The molecule has 0 aromatic heterocycles. The van der Waals surface area contributed by atoms with Gasteiger partial charge in [-0.3, -0.25) is 9.69 Å². The molecule has 2 aliphatic heterocycles. The summed E-state index contributed by atoms with van der Waals surface area (Å²) in [5, 5.41) is 12.4. The molecule has 3 fully saturated rings. The van der Waals surface area contributed by atoms with E-state index < -0.39 is 0 Å². The second-order valence-electron chi connectivity index (χ2n) is 9.17. The third-order valence-corrected chi connectivity index (χ3v) is 7.23. The van der Waals surface area contributed by atoms with E-state index in [1.807, 2.05) is 6.07 Å². The number of nitriles is 1. The maximum absolute atomic E-state index is 12.5. The molecule has 0 radical (unpaired) electrons. The minimum atomic E-state index is -0.273. The summed E-state index contributed by atoms with van der Waals surface area (Å²) in [5.41, 5.74) is 12.8. The van der Waals surface area contributed by atoms with E-state index in [2.05, 4.69) is 22.2 Å². The smallest absolute Gasteiger partial charge is 0.267 e. The number of benzene rings is 1. The molecule has 1 aromatic carbocycles. The van der Waals surface area contributed by atoms with Crippen LogP contribution in [0, 0.1) is 11.3 Å². The molecule has 176 valence electrons. The van der Waals surface area contributed by atoms with Gasteiger partial charge in [-0.25, -0.2) is 0 Å². The molecule has 9 heteroatoms. The highest BCUT2D eigenvalue weighted by Gasteiger charge is 2.41. The lowest BCUT2D eigenvalue weighted by Gasteiger charge is -2.33. The fraction of sp³-hybridized carbons (Fsp3) is 0.500. The van der Waals surface area contributed by atoms with Crippen molar-refractivity contribution in [1.29, 1.82) is 5.26 Å². The second-order valence-corrected chi connectivity index (χ2v) is 9.57. The van der Waals surface area contributed by atoms with E-state index >= 15 is 0 Å². The van der Waals surface area contributed by atoms with Crippen LogP contribution in [0.4, 0.5) is 0 Å². The third-order valence-electron chi connectivity index (χ3n) is 6.92. The highest BCUT2D eigenvalue weighted by molar-refractivity contribution is 6.31. The number of hydrogen-bond acceptors (Lipinski definition) is 7. The number of likely N-dealkylation sites (N-methyl/N-ethyl adjacent to an activating group) is 1. The summed E-state index contributed by atoms with van der Waals surface area (Å²) in [7, 11) is 2.15. The summed E-state index contributed by atoms with van der Waals surface area (Å²) in [6, 6.07) is 8.18. The third kappa shape index (κ3) is 5.37. The Balaban J connectivity index is 1.23. The largest absolute Gasteiger partial charge is 0.490 e. The first-order valence-electron chi connectivity index (χ1n) is 11.4. The number of amides is 1. The normalized spacial score (nSPS) is 28.0. The Labute approximate surface area is 199 Å². The minimum Gasteiger partial charge on any atom is -0.490 e. The predicted octanol–water partition coefficient (Wildman–Crippen LogP) is 2.05. The van der Waals surface area contributed by atoms with Gasteiger partial charge < -0.3 is 26.4 Å². The number of nitrogens with zero attached hydrogens (tertiary/aromatic N) is 3. The monoisotopic (exact) mass is 470 g/mol. The molecule has 5 N–H and O–H groups in total. The number of piperazine rings is 1. The van der Waals surface area contributed by atoms with Crippen molar-refractivity contribution in [3.05, 3.63) is 52.5 Å². The minimum absolute atomic E-state index is 0.0487. The summed E-state index contributed by atoms with van der Waals surface area (Å²) < 4.78 is 6.01. The quantitative estimate of drug-likeness (QED) is 0.429. The lowest BCUT2D eigenvalue weighted by molar-refractivity contribution is -0.118. The Hall–Kier alpha value is -2.89. The average molecular weight is 471 g/mol. The molecular weight excluding hydrogens is 440 g/mol. The Kier molecular flexibility index (Phi) is 7.01. The van der Waals surface area contributed by atoms with E-state index in [0.717, 1.165) is 45.2 Å². The van der Waals surface area contributed by atoms with E-state index in [0.29, 0.717) is 34.2 Å². The molecule has 4 rings (SSSR count). The summed E-state index contributed by atoms with van der Waals surface area (Å²) >= 11 is 6.08. The van der Waals surface area contributed by atoms with Crippen LogP contribution in [-0.4, -0.2) is 60.1 Å². The molecule has 3 aliphatic rings. The number of rotatable bonds is 6. The van der Waals surface area contributed by atoms with Crippen LogP contribution in [-0.2, 0) is 4.79 Å². The maximum atomic E-state index is 12.5. The van der Waals surface area contributed by atoms with Crippen LogP contribution in [0.3, 0.4) is 0 Å². The van der Waals surface area contributed by atoms with Gasteiger partial charge in [0.1, 0.15) is 11.8 Å². The lowest BCUT2D eigenvalue weighted by atomic mass is 9.93. The fourth-order valence-electron chi connectivity index (χ4n) is 4.97. The van der Waals surface area contributed by atoms with E-state index in [-0.39, 0.29) is 23.8 Å². The number of nitrogens with one attached hydrogen (secondary N) is 1. The van der Waals surface area contributed by atoms with Gasteiger partial charge in [-0.05, 0) is 63.4 Å². The Morgan fingerprint density at radius 3 is 2.58 bits per heavy atom. The molecule has 0 spiro atoms. The molecule has 2 saturated heterocycles. The predicted molar refractivity (Wildman–Crippen MR) is 127 cm³/mol. The van der Waals surface area contributed by atoms with E-state index in [1.54, 1.807) is 30.4 Å². The molecule has 33 heavy (non-hydrogen) atoms. The number of halogens is 1. The summed E-state index contributed by atoms with van der Waals surface area (Å²) in [5.74, 6) is 1.04. The molecule has 8 nitrogen and oxygen atoms in total. The molecule has 2 heterocycles. The van der Waals surface area contributed by atoms with Crippen molar-refractivity contribution in [2.45, 2.75) is 56.3 Å². The Morgan fingerprint density at radius 1 is 1.21 bits per heavy atom. The van der Waals surface area contributed by atoms with E-state index in [4.69, 9.17) is 33.1 Å². The first-order valence-corrected chi connectivity index (χ1v) is 11.8. The number of ether oxygens (including phenoxy) is 1. The second kappa shape index (κ2) is 9.94. The van der Waals surface area contributed by atoms with Crippen LogP contribution in [0.15, 0.2) is 41.9 Å². The first kappa shape index (κ1) is 23.3. The van der Waals surface area contributed by atoms with Gasteiger partial charge in [0.2, 0.25) is 0 Å². The molecule has 1 aromatic rings. The number of nitrogens with two attached hydrogens (primary N) is 2. The zero-order valence-corrected chi connectivity index (χ0v) is 19.6. The SMILES string of the molecule is CN1CC2CC1CN2/C(N)=C/C=C(\N)C(=O)N[C@H]1CC[C@H](Oc2ccc(C#N)c(Cl)c2)CC1. The molecule has 1 amide bonds. The highest BCUT2D eigenvalue weighted by Crippen LogP contribution is 2.31. The van der Waals surface area contributed by atoms with Crippen molar-refractivity contribution in [2.24, 2.45) is 11.5 Å². The van der Waals surface area contributed by atoms with Crippen LogP contribution in [0.25, 0.3) is 0 Å². The molecular formula is C24H31ClN6O2. The van der Waals surface area contributed by atoms with Gasteiger partial charge in [-0.2, -0.15) is 5.26 Å². The number of carbonyl (C=O) groups excluding carboxylic acids is 1. The number of likely N-dealkylation sites (tertiary alicyclic amines) is 2. The van der Waals surface area contributed by atoms with Crippen molar-refractivity contribution in [1.82, 2.24) is 15.1 Å². The molecule has 1 saturated carbocycles. The van der Waals surface area contributed by atoms with Crippen LogP contribution in [0.1, 0.15) is 37.7 Å². The standard InChI is InChI=1S/C24H31ClN6O2/c1-30-13-18-10-17(30)14-31(18)23(28)9-8-22(27)24(32)29-16-3-6-19(7-4-16)33-20-5-2-15(12-26)21(25)11-20/h2,5,8-9,11,16-19H,3-4,6-7,10,13-14,27-28H2,1H3,(H,29,32)/b22-8-,23-9+/t16-,17?,18?,19-. The zero-order chi connectivity index (χ0) is 23.5. The molecule has 2 bridgehead atoms. The van der Waals surface area contributed by atoms with Crippen molar-refractivity contribution in [3.8, 4) is 11.8 Å². The summed E-state index contributed by atoms with van der Waals surface area (Å²) in [6.45, 7) is 1.94. The fourth-order valence-corrected chi connectivity index (χ4v) is 5.19. The van der Waals surface area contributed by atoms with Crippen LogP contribution < -0.4 is 21.5 Å². The Bertz CT molecular complexity index is 993. The zero-order valence-electron chi connectivity index (χ0n) is 18.8. The number of hydrogen-bond donors (Lipinski definition) is 3. The lowest BCUT2D eigenvalue weighted by Crippen LogP contribution is -2.45. The first-order chi connectivity index (χ1) is 15.8. The van der Waals surface area contributed by atoms with Gasteiger partial charge in [0.05, 0.1) is 28.2 Å². The molecule has 2 atom stereocenters. The van der Waals surface area contributed by atoms with E-state index in [9.17, 15) is 4.79 Å².